The maximum atomic E-state index is 12.4. The standard InChI is InChI=1S/C15H11Cl2NO3S/c1-10-4-5-21-15(10)7-13(8-18)22(19,20)9-11-2-3-12(16)6-14(11)17/h2-7H,9H2,1H3. The normalized spacial score (nSPS) is 12.2. The summed E-state index contributed by atoms with van der Waals surface area (Å²) in [6.45, 7) is 1.76. The molecule has 1 aromatic carbocycles. The zero-order valence-corrected chi connectivity index (χ0v) is 13.8. The quantitative estimate of drug-likeness (QED) is 0.763. The summed E-state index contributed by atoms with van der Waals surface area (Å²) < 4.78 is 29.9. The molecule has 0 saturated heterocycles. The van der Waals surface area contributed by atoms with Crippen LogP contribution in [0.3, 0.4) is 0 Å². The van der Waals surface area contributed by atoms with E-state index < -0.39 is 9.84 Å². The number of aryl methyl sites for hydroxylation is 1. The minimum atomic E-state index is -3.84. The number of hydrogen-bond acceptors (Lipinski definition) is 4. The average molecular weight is 356 g/mol. The SMILES string of the molecule is Cc1ccoc1C=C(C#N)S(=O)(=O)Cc1ccc(Cl)cc1Cl. The van der Waals surface area contributed by atoms with Crippen LogP contribution in [0.5, 0.6) is 0 Å². The highest BCUT2D eigenvalue weighted by molar-refractivity contribution is 7.95. The van der Waals surface area contributed by atoms with Crippen LogP contribution in [-0.4, -0.2) is 8.42 Å². The van der Waals surface area contributed by atoms with Gasteiger partial charge in [-0.05, 0) is 36.2 Å². The van der Waals surface area contributed by atoms with Crippen molar-refractivity contribution in [3.05, 3.63) is 62.4 Å². The molecule has 1 heterocycles. The van der Waals surface area contributed by atoms with E-state index in [0.29, 0.717) is 16.3 Å². The van der Waals surface area contributed by atoms with Gasteiger partial charge in [-0.25, -0.2) is 8.42 Å². The summed E-state index contributed by atoms with van der Waals surface area (Å²) in [4.78, 5) is -0.378. The third-order valence-corrected chi connectivity index (χ3v) is 5.13. The van der Waals surface area contributed by atoms with Crippen molar-refractivity contribution < 1.29 is 12.8 Å². The van der Waals surface area contributed by atoms with Gasteiger partial charge in [0.05, 0.1) is 12.0 Å². The highest BCUT2D eigenvalue weighted by Gasteiger charge is 2.21. The van der Waals surface area contributed by atoms with Crippen LogP contribution in [0.4, 0.5) is 0 Å². The van der Waals surface area contributed by atoms with Gasteiger partial charge in [0.15, 0.2) is 9.84 Å². The second-order valence-corrected chi connectivity index (χ2v) is 7.38. The molecule has 0 radical (unpaired) electrons. The Morgan fingerprint density at radius 1 is 1.36 bits per heavy atom. The van der Waals surface area contributed by atoms with E-state index in [-0.39, 0.29) is 15.7 Å². The molecule has 0 saturated carbocycles. The van der Waals surface area contributed by atoms with Gasteiger partial charge in [0.1, 0.15) is 16.7 Å². The fraction of sp³-hybridized carbons (Fsp3) is 0.133. The van der Waals surface area contributed by atoms with Crippen molar-refractivity contribution in [2.75, 3.05) is 0 Å². The first kappa shape index (κ1) is 16.6. The lowest BCUT2D eigenvalue weighted by atomic mass is 10.2. The van der Waals surface area contributed by atoms with Crippen LogP contribution in [-0.2, 0) is 15.6 Å². The van der Waals surface area contributed by atoms with Crippen LogP contribution in [0.25, 0.3) is 6.08 Å². The Morgan fingerprint density at radius 2 is 2.09 bits per heavy atom. The van der Waals surface area contributed by atoms with Crippen LogP contribution >= 0.6 is 23.2 Å². The van der Waals surface area contributed by atoms with Crippen LogP contribution in [0.15, 0.2) is 39.9 Å². The second kappa shape index (κ2) is 6.57. The molecule has 2 rings (SSSR count). The van der Waals surface area contributed by atoms with Crippen LogP contribution in [0.2, 0.25) is 10.0 Å². The third kappa shape index (κ3) is 3.72. The third-order valence-electron chi connectivity index (χ3n) is 2.97. The number of hydrogen-bond donors (Lipinski definition) is 0. The fourth-order valence-electron chi connectivity index (χ4n) is 1.76. The van der Waals surface area contributed by atoms with Gasteiger partial charge >= 0.3 is 0 Å². The molecule has 0 atom stereocenters. The van der Waals surface area contributed by atoms with E-state index in [1.165, 1.54) is 24.5 Å². The summed E-state index contributed by atoms with van der Waals surface area (Å²) in [6, 6.07) is 7.92. The summed E-state index contributed by atoms with van der Waals surface area (Å²) in [6.07, 6.45) is 2.65. The predicted molar refractivity (Wildman–Crippen MR) is 86.1 cm³/mol. The van der Waals surface area contributed by atoms with E-state index in [2.05, 4.69) is 0 Å². The van der Waals surface area contributed by atoms with Gasteiger partial charge in [0.25, 0.3) is 0 Å². The number of nitrogens with zero attached hydrogens (tertiary/aromatic N) is 1. The van der Waals surface area contributed by atoms with Gasteiger partial charge in [-0.2, -0.15) is 5.26 Å². The zero-order valence-electron chi connectivity index (χ0n) is 11.5. The Kier molecular flexibility index (Phi) is 4.97. The zero-order chi connectivity index (χ0) is 16.3. The lowest BCUT2D eigenvalue weighted by molar-refractivity contribution is 0.554. The molecule has 4 nitrogen and oxygen atoms in total. The lowest BCUT2D eigenvalue weighted by Crippen LogP contribution is -2.07. The molecule has 114 valence electrons. The fourth-order valence-corrected chi connectivity index (χ4v) is 3.56. The smallest absolute Gasteiger partial charge is 0.192 e. The van der Waals surface area contributed by atoms with E-state index in [1.54, 1.807) is 25.1 Å². The number of furan rings is 1. The molecule has 0 aliphatic heterocycles. The Balaban J connectivity index is 2.38. The Labute approximate surface area is 138 Å². The number of benzene rings is 1. The van der Waals surface area contributed by atoms with E-state index in [0.717, 1.165) is 5.56 Å². The number of allylic oxidation sites excluding steroid dienone is 1. The van der Waals surface area contributed by atoms with Gasteiger partial charge in [-0.1, -0.05) is 29.3 Å². The van der Waals surface area contributed by atoms with E-state index in [4.69, 9.17) is 32.9 Å². The van der Waals surface area contributed by atoms with Gasteiger partial charge in [-0.3, -0.25) is 0 Å². The van der Waals surface area contributed by atoms with Crippen molar-refractivity contribution in [2.24, 2.45) is 0 Å². The molecule has 0 N–H and O–H groups in total. The molecule has 7 heteroatoms. The van der Waals surface area contributed by atoms with E-state index in [9.17, 15) is 8.42 Å². The predicted octanol–water partition coefficient (Wildman–Crippen LogP) is 4.37. The molecule has 22 heavy (non-hydrogen) atoms. The number of rotatable bonds is 4. The maximum Gasteiger partial charge on any atom is 0.192 e. The molecule has 0 aliphatic carbocycles. The molecule has 0 bridgehead atoms. The Morgan fingerprint density at radius 3 is 2.64 bits per heavy atom. The molecular formula is C15H11Cl2NO3S. The Hall–Kier alpha value is -1.74. The van der Waals surface area contributed by atoms with Crippen molar-refractivity contribution in [1.29, 1.82) is 5.26 Å². The first-order chi connectivity index (χ1) is 10.3. The monoisotopic (exact) mass is 355 g/mol. The van der Waals surface area contributed by atoms with Gasteiger partial charge in [0.2, 0.25) is 0 Å². The first-order valence-electron chi connectivity index (χ1n) is 6.16. The number of nitriles is 1. The Bertz CT molecular complexity index is 876. The molecule has 0 amide bonds. The van der Waals surface area contributed by atoms with Crippen LogP contribution in [0.1, 0.15) is 16.9 Å². The van der Waals surface area contributed by atoms with E-state index in [1.807, 2.05) is 0 Å². The molecule has 2 aromatic rings. The van der Waals surface area contributed by atoms with Crippen molar-refractivity contribution in [3.8, 4) is 6.07 Å². The largest absolute Gasteiger partial charge is 0.465 e. The molecule has 0 unspecified atom stereocenters. The van der Waals surface area contributed by atoms with Gasteiger partial charge in [0, 0.05) is 16.1 Å². The lowest BCUT2D eigenvalue weighted by Gasteiger charge is -2.06. The maximum absolute atomic E-state index is 12.4. The minimum Gasteiger partial charge on any atom is -0.465 e. The van der Waals surface area contributed by atoms with Crippen molar-refractivity contribution in [1.82, 2.24) is 0 Å². The summed E-state index contributed by atoms with van der Waals surface area (Å²) in [7, 11) is -3.84. The summed E-state index contributed by atoms with van der Waals surface area (Å²) in [5.74, 6) is -0.0513. The van der Waals surface area contributed by atoms with Crippen LogP contribution in [0, 0.1) is 18.3 Å². The van der Waals surface area contributed by atoms with Crippen molar-refractivity contribution >= 4 is 39.1 Å². The van der Waals surface area contributed by atoms with E-state index >= 15 is 0 Å². The highest BCUT2D eigenvalue weighted by atomic mass is 35.5. The highest BCUT2D eigenvalue weighted by Crippen LogP contribution is 2.25. The van der Waals surface area contributed by atoms with Crippen molar-refractivity contribution in [2.45, 2.75) is 12.7 Å². The number of halogens is 2. The number of sulfone groups is 1. The molecule has 0 spiro atoms. The minimum absolute atomic E-state index is 0.238. The average Bonchev–Trinajstić information content (AvgIpc) is 2.84. The van der Waals surface area contributed by atoms with Gasteiger partial charge in [-0.15, -0.1) is 0 Å². The molecular weight excluding hydrogens is 345 g/mol. The topological polar surface area (TPSA) is 71.1 Å². The second-order valence-electron chi connectivity index (χ2n) is 4.58. The summed E-state index contributed by atoms with van der Waals surface area (Å²) in [5, 5.41) is 9.80. The van der Waals surface area contributed by atoms with Crippen LogP contribution < -0.4 is 0 Å². The summed E-state index contributed by atoms with van der Waals surface area (Å²) >= 11 is 11.8. The van der Waals surface area contributed by atoms with Gasteiger partial charge < -0.3 is 4.42 Å². The van der Waals surface area contributed by atoms with Crippen molar-refractivity contribution in [3.63, 3.8) is 0 Å². The first-order valence-corrected chi connectivity index (χ1v) is 8.57. The molecule has 0 fully saturated rings. The molecule has 0 aliphatic rings. The summed E-state index contributed by atoms with van der Waals surface area (Å²) in [5.41, 5.74) is 1.12. The molecule has 1 aromatic heterocycles.